The van der Waals surface area contributed by atoms with Crippen LogP contribution in [0.15, 0.2) is 188 Å². The van der Waals surface area contributed by atoms with Gasteiger partial charge in [-0.1, -0.05) is 170 Å². The molecule has 0 bridgehead atoms. The SMILES string of the molecule is c1ccc(-c2cn3c(n2)n2c(-c4ccccc4)c(-c4ccccc4)nc2n2c(-c4ccccc4)c(-c4ccccc4)[n+](-c4ccccc4)c32)cc1. The molecule has 0 atom stereocenters. The monoisotopic (exact) mass is 655 g/mol. The largest absolute Gasteiger partial charge is 0.385 e. The Labute approximate surface area is 294 Å². The lowest BCUT2D eigenvalue weighted by Crippen LogP contribution is -2.34. The van der Waals surface area contributed by atoms with E-state index < -0.39 is 0 Å². The highest BCUT2D eigenvalue weighted by molar-refractivity contribution is 5.87. The molecule has 4 aromatic heterocycles. The third kappa shape index (κ3) is 4.61. The Hall–Kier alpha value is -7.05. The minimum absolute atomic E-state index is 0.770. The highest BCUT2D eigenvalue weighted by atomic mass is 15.4. The van der Waals surface area contributed by atoms with E-state index in [0.29, 0.717) is 0 Å². The van der Waals surface area contributed by atoms with E-state index in [-0.39, 0.29) is 0 Å². The van der Waals surface area contributed by atoms with Gasteiger partial charge in [0.2, 0.25) is 0 Å². The Morgan fingerprint density at radius 1 is 0.392 bits per heavy atom. The molecule has 6 heteroatoms. The van der Waals surface area contributed by atoms with Crippen LogP contribution in [0.5, 0.6) is 0 Å². The second kappa shape index (κ2) is 11.8. The van der Waals surface area contributed by atoms with E-state index in [1.807, 2.05) is 12.1 Å². The second-order valence-corrected chi connectivity index (χ2v) is 12.6. The quantitative estimate of drug-likeness (QED) is 0.167. The van der Waals surface area contributed by atoms with Gasteiger partial charge in [0.1, 0.15) is 23.3 Å². The van der Waals surface area contributed by atoms with Crippen LogP contribution in [0, 0.1) is 0 Å². The number of aromatic nitrogens is 6. The first-order valence-electron chi connectivity index (χ1n) is 17.1. The minimum atomic E-state index is 0.770. The minimum Gasteiger partial charge on any atom is -0.220 e. The van der Waals surface area contributed by atoms with E-state index in [1.165, 1.54) is 0 Å². The van der Waals surface area contributed by atoms with Gasteiger partial charge in [-0.2, -0.15) is 23.3 Å². The molecule has 240 valence electrons. The number of para-hydroxylation sites is 1. The molecule has 0 amide bonds. The van der Waals surface area contributed by atoms with Crippen molar-refractivity contribution in [1.82, 2.24) is 23.2 Å². The summed E-state index contributed by atoms with van der Waals surface area (Å²) in [6.45, 7) is 0. The molecular weight excluding hydrogens is 625 g/mol. The Morgan fingerprint density at radius 3 is 1.43 bits per heavy atom. The van der Waals surface area contributed by atoms with Crippen LogP contribution in [0.25, 0.3) is 79.3 Å². The van der Waals surface area contributed by atoms with Crippen LogP contribution in [0.4, 0.5) is 0 Å². The van der Waals surface area contributed by atoms with E-state index >= 15 is 0 Å². The molecular formula is C45H31N6+. The van der Waals surface area contributed by atoms with Gasteiger partial charge < -0.3 is 0 Å². The molecule has 0 saturated carbocycles. The average Bonchev–Trinajstić information content (AvgIpc) is 3.93. The van der Waals surface area contributed by atoms with Crippen LogP contribution in [0.3, 0.4) is 0 Å². The summed E-state index contributed by atoms with van der Waals surface area (Å²) >= 11 is 0. The lowest BCUT2D eigenvalue weighted by Gasteiger charge is -2.07. The first-order chi connectivity index (χ1) is 25.3. The highest BCUT2D eigenvalue weighted by Crippen LogP contribution is 2.39. The third-order valence-corrected chi connectivity index (χ3v) is 9.51. The Morgan fingerprint density at radius 2 is 0.863 bits per heavy atom. The summed E-state index contributed by atoms with van der Waals surface area (Å²) in [4.78, 5) is 11.0. The van der Waals surface area contributed by atoms with Crippen molar-refractivity contribution in [3.63, 3.8) is 0 Å². The molecule has 0 N–H and O–H groups in total. The van der Waals surface area contributed by atoms with Gasteiger partial charge in [-0.3, -0.25) is 0 Å². The molecule has 10 aromatic rings. The number of rotatable bonds is 6. The summed E-state index contributed by atoms with van der Waals surface area (Å²) in [7, 11) is 0. The number of nitrogens with zero attached hydrogens (tertiary/aromatic N) is 6. The van der Waals surface area contributed by atoms with E-state index in [0.717, 1.165) is 79.3 Å². The topological polar surface area (TPSA) is 42.9 Å². The number of hydrogen-bond acceptors (Lipinski definition) is 2. The van der Waals surface area contributed by atoms with E-state index in [4.69, 9.17) is 9.97 Å². The molecule has 0 aliphatic carbocycles. The van der Waals surface area contributed by atoms with Crippen LogP contribution in [-0.4, -0.2) is 23.2 Å². The maximum absolute atomic E-state index is 5.61. The highest BCUT2D eigenvalue weighted by Gasteiger charge is 2.35. The molecule has 0 aliphatic rings. The first kappa shape index (κ1) is 28.9. The van der Waals surface area contributed by atoms with Gasteiger partial charge >= 0.3 is 5.78 Å². The molecule has 0 fully saturated rings. The maximum atomic E-state index is 5.61. The number of fused-ring (bicyclic) bond motifs is 6. The molecule has 6 nitrogen and oxygen atoms in total. The van der Waals surface area contributed by atoms with Crippen molar-refractivity contribution in [2.24, 2.45) is 0 Å². The predicted molar refractivity (Wildman–Crippen MR) is 204 cm³/mol. The van der Waals surface area contributed by atoms with Crippen LogP contribution >= 0.6 is 0 Å². The summed E-state index contributed by atoms with van der Waals surface area (Å²) in [5.74, 6) is 2.46. The van der Waals surface area contributed by atoms with Crippen LogP contribution in [-0.2, 0) is 0 Å². The van der Waals surface area contributed by atoms with Crippen molar-refractivity contribution in [3.05, 3.63) is 188 Å². The fourth-order valence-corrected chi connectivity index (χ4v) is 7.29. The first-order valence-corrected chi connectivity index (χ1v) is 17.1. The Balaban J connectivity index is 1.51. The fourth-order valence-electron chi connectivity index (χ4n) is 7.29. The third-order valence-electron chi connectivity index (χ3n) is 9.51. The molecule has 0 unspecified atom stereocenters. The van der Waals surface area contributed by atoms with Gasteiger partial charge in [0, 0.05) is 27.8 Å². The molecule has 10 rings (SSSR count). The van der Waals surface area contributed by atoms with Crippen molar-refractivity contribution in [2.45, 2.75) is 0 Å². The van der Waals surface area contributed by atoms with Crippen molar-refractivity contribution in [1.29, 1.82) is 0 Å². The van der Waals surface area contributed by atoms with Crippen molar-refractivity contribution >= 4 is 17.3 Å². The van der Waals surface area contributed by atoms with Crippen molar-refractivity contribution in [2.75, 3.05) is 0 Å². The van der Waals surface area contributed by atoms with Crippen LogP contribution < -0.4 is 4.57 Å². The van der Waals surface area contributed by atoms with Gasteiger partial charge in [-0.15, -0.1) is 0 Å². The fraction of sp³-hybridized carbons (Fsp3) is 0. The molecule has 0 spiro atoms. The number of benzene rings is 6. The number of imidazole rings is 3. The summed E-state index contributed by atoms with van der Waals surface area (Å²) in [5, 5.41) is 0. The molecule has 6 aromatic carbocycles. The summed E-state index contributed by atoms with van der Waals surface area (Å²) in [5.41, 5.74) is 11.2. The maximum Gasteiger partial charge on any atom is 0.385 e. The van der Waals surface area contributed by atoms with E-state index in [1.54, 1.807) is 0 Å². The van der Waals surface area contributed by atoms with Crippen LogP contribution in [0.1, 0.15) is 0 Å². The van der Waals surface area contributed by atoms with E-state index in [2.05, 4.69) is 194 Å². The second-order valence-electron chi connectivity index (χ2n) is 12.6. The zero-order valence-electron chi connectivity index (χ0n) is 27.6. The zero-order valence-corrected chi connectivity index (χ0v) is 27.6. The van der Waals surface area contributed by atoms with Gasteiger partial charge in [-0.05, 0) is 12.1 Å². The lowest BCUT2D eigenvalue weighted by molar-refractivity contribution is -0.557. The van der Waals surface area contributed by atoms with E-state index in [9.17, 15) is 0 Å². The lowest BCUT2D eigenvalue weighted by atomic mass is 10.0. The van der Waals surface area contributed by atoms with Crippen molar-refractivity contribution < 1.29 is 4.57 Å². The molecule has 0 radical (unpaired) electrons. The molecule has 4 heterocycles. The average molecular weight is 656 g/mol. The molecule has 51 heavy (non-hydrogen) atoms. The normalized spacial score (nSPS) is 11.5. The zero-order chi connectivity index (χ0) is 33.7. The summed E-state index contributed by atoms with van der Waals surface area (Å²) < 4.78 is 9.17. The standard InChI is InChI=1S/C45H31N6/c1-7-19-32(20-8-1)38-31-48-43(46-38)50-40(34-23-11-3-12-24-34)39(33-21-9-2-10-22-33)47-44(50)51-42(36-27-15-5-16-28-36)41(35-25-13-4-14-26-35)49(45(48)51)37-29-17-6-18-30-37/h1-31H/q+1. The molecule has 0 aliphatic heterocycles. The van der Waals surface area contributed by atoms with Gasteiger partial charge in [0.15, 0.2) is 11.4 Å². The number of hydrogen-bond donors (Lipinski definition) is 0. The Kier molecular flexibility index (Phi) is 6.70. The molecule has 0 saturated heterocycles. The summed E-state index contributed by atoms with van der Waals surface area (Å²) in [6, 6.07) is 63.3. The summed E-state index contributed by atoms with van der Waals surface area (Å²) in [6.07, 6.45) is 2.17. The van der Waals surface area contributed by atoms with Crippen molar-refractivity contribution in [3.8, 4) is 62.0 Å². The van der Waals surface area contributed by atoms with Gasteiger partial charge in [-0.25, -0.2) is 4.40 Å². The Bertz CT molecular complexity index is 2800. The van der Waals surface area contributed by atoms with Crippen LogP contribution in [0.2, 0.25) is 0 Å². The predicted octanol–water partition coefficient (Wildman–Crippen LogP) is 9.85. The smallest absolute Gasteiger partial charge is 0.220 e. The van der Waals surface area contributed by atoms with Gasteiger partial charge in [0.05, 0.1) is 5.69 Å². The van der Waals surface area contributed by atoms with Gasteiger partial charge in [0.25, 0.3) is 11.6 Å².